The highest BCUT2D eigenvalue weighted by molar-refractivity contribution is 5.94. The van der Waals surface area contributed by atoms with E-state index < -0.39 is 10.9 Å². The number of rotatable bonds is 8. The lowest BCUT2D eigenvalue weighted by Crippen LogP contribution is -2.35. The van der Waals surface area contributed by atoms with Gasteiger partial charge in [0.15, 0.2) is 0 Å². The maximum Gasteiger partial charge on any atom is 0.305 e. The fourth-order valence-electron chi connectivity index (χ4n) is 1.66. The zero-order valence-electron chi connectivity index (χ0n) is 11.5. The zero-order chi connectivity index (χ0) is 15.8. The van der Waals surface area contributed by atoms with Crippen molar-refractivity contribution in [3.63, 3.8) is 0 Å². The summed E-state index contributed by atoms with van der Waals surface area (Å²) in [5.41, 5.74) is 0.155. The van der Waals surface area contributed by atoms with Crippen molar-refractivity contribution in [1.29, 1.82) is 0 Å². The number of nitrogens with zero attached hydrogens (tertiary/aromatic N) is 2. The molecule has 0 heterocycles. The first-order chi connectivity index (χ1) is 9.95. The number of hydrogen-bond donors (Lipinski definition) is 1. The fourth-order valence-corrected chi connectivity index (χ4v) is 1.66. The summed E-state index contributed by atoms with van der Waals surface area (Å²) in [6.07, 6.45) is -0.178. The van der Waals surface area contributed by atoms with Gasteiger partial charge in [-0.15, -0.1) is 0 Å². The molecule has 1 amide bonds. The van der Waals surface area contributed by atoms with Gasteiger partial charge in [-0.25, -0.2) is 0 Å². The Labute approximate surface area is 121 Å². The van der Waals surface area contributed by atoms with Gasteiger partial charge in [0.05, 0.1) is 18.0 Å². The highest BCUT2D eigenvalue weighted by Crippen LogP contribution is 2.13. The standard InChI is InChI=1S/C13H16N2O6/c1-21-9-8-14(7-6-12(16)17)13(18)10-2-4-11(5-3-10)15(19)20/h2-5H,6-9H2,1H3,(H,16,17). The number of nitro groups is 1. The Morgan fingerprint density at radius 3 is 2.38 bits per heavy atom. The van der Waals surface area contributed by atoms with Crippen LogP contribution >= 0.6 is 0 Å². The Morgan fingerprint density at radius 2 is 1.90 bits per heavy atom. The number of non-ortho nitro benzene ring substituents is 1. The molecule has 1 rings (SSSR count). The summed E-state index contributed by atoms with van der Waals surface area (Å²) < 4.78 is 4.89. The van der Waals surface area contributed by atoms with Crippen molar-refractivity contribution in [2.24, 2.45) is 0 Å². The topological polar surface area (TPSA) is 110 Å². The molecular formula is C13H16N2O6. The summed E-state index contributed by atoms with van der Waals surface area (Å²) in [5, 5.41) is 19.3. The summed E-state index contributed by atoms with van der Waals surface area (Å²) in [7, 11) is 1.48. The molecule has 1 N–H and O–H groups in total. The minimum absolute atomic E-state index is 0.0501. The summed E-state index contributed by atoms with van der Waals surface area (Å²) in [6.45, 7) is 0.576. The Morgan fingerprint density at radius 1 is 1.29 bits per heavy atom. The van der Waals surface area contributed by atoms with E-state index >= 15 is 0 Å². The first-order valence-corrected chi connectivity index (χ1v) is 6.20. The van der Waals surface area contributed by atoms with E-state index in [2.05, 4.69) is 0 Å². The van der Waals surface area contributed by atoms with Gasteiger partial charge in [-0.05, 0) is 12.1 Å². The maximum atomic E-state index is 12.3. The quantitative estimate of drug-likeness (QED) is 0.569. The predicted molar refractivity (Wildman–Crippen MR) is 73.1 cm³/mol. The molecule has 1 aromatic rings. The molecule has 0 aliphatic carbocycles. The largest absolute Gasteiger partial charge is 0.481 e. The molecule has 0 saturated carbocycles. The summed E-state index contributed by atoms with van der Waals surface area (Å²) in [4.78, 5) is 34.2. The Kier molecular flexibility index (Phi) is 6.28. The van der Waals surface area contributed by atoms with Gasteiger partial charge in [-0.3, -0.25) is 19.7 Å². The molecule has 0 atom stereocenters. The number of benzene rings is 1. The lowest BCUT2D eigenvalue weighted by atomic mass is 10.1. The fraction of sp³-hybridized carbons (Fsp3) is 0.385. The molecule has 114 valence electrons. The van der Waals surface area contributed by atoms with Gasteiger partial charge in [0.1, 0.15) is 0 Å². The minimum Gasteiger partial charge on any atom is -0.481 e. The van der Waals surface area contributed by atoms with E-state index in [1.54, 1.807) is 0 Å². The van der Waals surface area contributed by atoms with E-state index in [-0.39, 0.29) is 43.3 Å². The zero-order valence-corrected chi connectivity index (χ0v) is 11.5. The van der Waals surface area contributed by atoms with Crippen molar-refractivity contribution in [3.8, 4) is 0 Å². The van der Waals surface area contributed by atoms with Gasteiger partial charge in [0, 0.05) is 37.9 Å². The highest BCUT2D eigenvalue weighted by atomic mass is 16.6. The maximum absolute atomic E-state index is 12.3. The molecule has 0 bridgehead atoms. The van der Waals surface area contributed by atoms with Crippen molar-refractivity contribution in [3.05, 3.63) is 39.9 Å². The predicted octanol–water partition coefficient (Wildman–Crippen LogP) is 1.16. The van der Waals surface area contributed by atoms with E-state index in [0.29, 0.717) is 0 Å². The van der Waals surface area contributed by atoms with E-state index in [9.17, 15) is 19.7 Å². The normalized spacial score (nSPS) is 10.1. The Balaban J connectivity index is 2.82. The van der Waals surface area contributed by atoms with Crippen LogP contribution in [-0.2, 0) is 9.53 Å². The molecule has 0 spiro atoms. The smallest absolute Gasteiger partial charge is 0.305 e. The number of carboxylic acid groups (broad SMARTS) is 1. The minimum atomic E-state index is -1.01. The molecule has 0 aliphatic heterocycles. The number of carboxylic acids is 1. The van der Waals surface area contributed by atoms with Gasteiger partial charge in [-0.2, -0.15) is 0 Å². The first-order valence-electron chi connectivity index (χ1n) is 6.20. The van der Waals surface area contributed by atoms with Crippen LogP contribution in [0.5, 0.6) is 0 Å². The molecule has 8 heteroatoms. The lowest BCUT2D eigenvalue weighted by molar-refractivity contribution is -0.384. The summed E-state index contributed by atoms with van der Waals surface area (Å²) in [5.74, 6) is -1.39. The number of hydrogen-bond acceptors (Lipinski definition) is 5. The number of aliphatic carboxylic acids is 1. The van der Waals surface area contributed by atoms with E-state index in [4.69, 9.17) is 9.84 Å². The van der Waals surface area contributed by atoms with E-state index in [1.807, 2.05) is 0 Å². The summed E-state index contributed by atoms with van der Waals surface area (Å²) >= 11 is 0. The molecule has 0 fully saturated rings. The first kappa shape index (κ1) is 16.6. The SMILES string of the molecule is COCCN(CCC(=O)O)C(=O)c1ccc([N+](=O)[O-])cc1. The lowest BCUT2D eigenvalue weighted by Gasteiger charge is -2.21. The molecule has 21 heavy (non-hydrogen) atoms. The number of carbonyl (C=O) groups excluding carboxylic acids is 1. The number of ether oxygens (including phenoxy) is 1. The van der Waals surface area contributed by atoms with Gasteiger partial charge in [0.2, 0.25) is 0 Å². The van der Waals surface area contributed by atoms with Crippen LogP contribution in [0.1, 0.15) is 16.8 Å². The summed E-state index contributed by atoms with van der Waals surface area (Å²) in [6, 6.07) is 5.17. The molecule has 1 aromatic carbocycles. The molecule has 0 aromatic heterocycles. The van der Waals surface area contributed by atoms with Crippen LogP contribution in [0.25, 0.3) is 0 Å². The van der Waals surface area contributed by atoms with E-state index in [1.165, 1.54) is 36.3 Å². The van der Waals surface area contributed by atoms with Gasteiger partial charge < -0.3 is 14.7 Å². The number of carbonyl (C=O) groups is 2. The van der Waals surface area contributed by atoms with E-state index in [0.717, 1.165) is 0 Å². The molecule has 0 aliphatic rings. The van der Waals surface area contributed by atoms with Crippen molar-refractivity contribution in [1.82, 2.24) is 4.90 Å². The number of nitro benzene ring substituents is 1. The Hall–Kier alpha value is -2.48. The molecule has 8 nitrogen and oxygen atoms in total. The highest BCUT2D eigenvalue weighted by Gasteiger charge is 2.17. The second kappa shape index (κ2) is 7.95. The molecular weight excluding hydrogens is 280 g/mol. The average molecular weight is 296 g/mol. The van der Waals surface area contributed by atoms with Crippen molar-refractivity contribution in [2.75, 3.05) is 26.8 Å². The Bertz CT molecular complexity index is 514. The van der Waals surface area contributed by atoms with Gasteiger partial charge in [-0.1, -0.05) is 0 Å². The van der Waals surface area contributed by atoms with Gasteiger partial charge >= 0.3 is 5.97 Å². The van der Waals surface area contributed by atoms with Crippen LogP contribution in [0.15, 0.2) is 24.3 Å². The number of amides is 1. The third-order valence-electron chi connectivity index (χ3n) is 2.77. The molecule has 0 unspecified atom stereocenters. The monoisotopic (exact) mass is 296 g/mol. The van der Waals surface area contributed by atoms with Crippen LogP contribution in [0.2, 0.25) is 0 Å². The third kappa shape index (κ3) is 5.19. The van der Waals surface area contributed by atoms with Crippen molar-refractivity contribution < 1.29 is 24.4 Å². The van der Waals surface area contributed by atoms with Crippen molar-refractivity contribution in [2.45, 2.75) is 6.42 Å². The molecule has 0 radical (unpaired) electrons. The average Bonchev–Trinajstić information content (AvgIpc) is 2.46. The third-order valence-corrected chi connectivity index (χ3v) is 2.77. The van der Waals surface area contributed by atoms with Crippen LogP contribution in [-0.4, -0.2) is 53.6 Å². The van der Waals surface area contributed by atoms with Crippen LogP contribution in [0, 0.1) is 10.1 Å². The van der Waals surface area contributed by atoms with Crippen LogP contribution < -0.4 is 0 Å². The van der Waals surface area contributed by atoms with Crippen molar-refractivity contribution >= 4 is 17.6 Å². The van der Waals surface area contributed by atoms with Crippen LogP contribution in [0.3, 0.4) is 0 Å². The van der Waals surface area contributed by atoms with Gasteiger partial charge in [0.25, 0.3) is 11.6 Å². The second-order valence-electron chi connectivity index (χ2n) is 4.23. The number of methoxy groups -OCH3 is 1. The molecule has 0 saturated heterocycles. The van der Waals surface area contributed by atoms with Crippen LogP contribution in [0.4, 0.5) is 5.69 Å². The second-order valence-corrected chi connectivity index (χ2v) is 4.23.